The zero-order valence-electron chi connectivity index (χ0n) is 14.6. The fourth-order valence-electron chi connectivity index (χ4n) is 2.89. The molecule has 2 amide bonds. The molecule has 0 saturated carbocycles. The van der Waals surface area contributed by atoms with Crippen LogP contribution in [0.5, 0.6) is 0 Å². The summed E-state index contributed by atoms with van der Waals surface area (Å²) >= 11 is 1.80. The Labute approximate surface area is 137 Å². The Morgan fingerprint density at radius 1 is 1.09 bits per heavy atom. The number of rotatable bonds is 0. The lowest BCUT2D eigenvalue weighted by molar-refractivity contribution is -0.141. The molecule has 0 aliphatic carbocycles. The van der Waals surface area contributed by atoms with Crippen molar-refractivity contribution in [2.75, 3.05) is 25.4 Å². The number of ether oxygens (including phenoxy) is 1. The summed E-state index contributed by atoms with van der Waals surface area (Å²) in [4.78, 5) is 28.4. The van der Waals surface area contributed by atoms with Gasteiger partial charge in [0.2, 0.25) is 5.91 Å². The van der Waals surface area contributed by atoms with Gasteiger partial charge < -0.3 is 14.5 Å². The molecule has 1 unspecified atom stereocenters. The normalized spacial score (nSPS) is 25.9. The first kappa shape index (κ1) is 17.4. The Hall–Kier alpha value is -0.910. The second kappa shape index (κ2) is 5.62. The molecule has 2 fully saturated rings. The minimum absolute atomic E-state index is 0.170. The number of likely N-dealkylation sites (tertiary alicyclic amines) is 1. The molecule has 22 heavy (non-hydrogen) atoms. The molecule has 0 N–H and O–H groups in total. The van der Waals surface area contributed by atoms with E-state index in [1.807, 2.05) is 46.4 Å². The van der Waals surface area contributed by atoms with Crippen LogP contribution in [0.4, 0.5) is 4.79 Å². The zero-order valence-corrected chi connectivity index (χ0v) is 15.4. The molecule has 2 aliphatic rings. The van der Waals surface area contributed by atoms with Crippen molar-refractivity contribution in [2.45, 2.75) is 58.4 Å². The zero-order chi connectivity index (χ0) is 16.8. The van der Waals surface area contributed by atoms with E-state index < -0.39 is 11.0 Å². The second-order valence-electron chi connectivity index (χ2n) is 8.15. The molecule has 126 valence electrons. The average Bonchev–Trinajstić information content (AvgIpc) is 2.93. The highest BCUT2D eigenvalue weighted by Crippen LogP contribution is 2.45. The maximum atomic E-state index is 12.7. The van der Waals surface area contributed by atoms with Gasteiger partial charge >= 0.3 is 6.09 Å². The largest absolute Gasteiger partial charge is 0.444 e. The van der Waals surface area contributed by atoms with Gasteiger partial charge in [-0.3, -0.25) is 4.79 Å². The van der Waals surface area contributed by atoms with Crippen molar-refractivity contribution in [3.05, 3.63) is 0 Å². The number of thioether (sulfide) groups is 1. The van der Waals surface area contributed by atoms with Crippen LogP contribution in [0.25, 0.3) is 0 Å². The summed E-state index contributed by atoms with van der Waals surface area (Å²) in [5.74, 6) is 1.10. The summed E-state index contributed by atoms with van der Waals surface area (Å²) in [7, 11) is 0. The highest BCUT2D eigenvalue weighted by Gasteiger charge is 2.52. The first-order valence-corrected chi connectivity index (χ1v) is 8.87. The second-order valence-corrected chi connectivity index (χ2v) is 9.61. The molecule has 0 bridgehead atoms. The average molecular weight is 328 g/mol. The minimum atomic E-state index is -0.490. The Balaban J connectivity index is 2.10. The maximum absolute atomic E-state index is 12.7. The fraction of sp³-hybridized carbons (Fsp3) is 0.875. The molecule has 2 aliphatic heterocycles. The smallest absolute Gasteiger partial charge is 0.410 e. The first-order valence-electron chi connectivity index (χ1n) is 7.89. The Kier molecular flexibility index (Phi) is 4.46. The number of carbonyl (C=O) groups is 2. The van der Waals surface area contributed by atoms with E-state index in [4.69, 9.17) is 4.74 Å². The van der Waals surface area contributed by atoms with E-state index >= 15 is 0 Å². The van der Waals surface area contributed by atoms with Crippen LogP contribution in [0.1, 0.15) is 48.0 Å². The number of nitrogens with zero attached hydrogens (tertiary/aromatic N) is 2. The van der Waals surface area contributed by atoms with Crippen LogP contribution in [0, 0.1) is 5.41 Å². The SMILES string of the molecule is CC(C)(C)OC(=O)N1CCC2(C1)SCCN2C(=O)C(C)(C)C. The monoisotopic (exact) mass is 328 g/mol. The number of hydrogen-bond donors (Lipinski definition) is 0. The summed E-state index contributed by atoms with van der Waals surface area (Å²) in [6, 6.07) is 0. The lowest BCUT2D eigenvalue weighted by Gasteiger charge is -2.37. The fourth-order valence-corrected chi connectivity index (χ4v) is 4.35. The molecule has 2 rings (SSSR count). The Morgan fingerprint density at radius 3 is 2.27 bits per heavy atom. The third kappa shape index (κ3) is 3.53. The van der Waals surface area contributed by atoms with Crippen molar-refractivity contribution in [1.29, 1.82) is 0 Å². The highest BCUT2D eigenvalue weighted by molar-refractivity contribution is 8.00. The van der Waals surface area contributed by atoms with Gasteiger partial charge in [-0.15, -0.1) is 11.8 Å². The third-order valence-corrected chi connectivity index (χ3v) is 5.40. The Morgan fingerprint density at radius 2 is 1.73 bits per heavy atom. The van der Waals surface area contributed by atoms with Gasteiger partial charge in [0, 0.05) is 24.3 Å². The molecule has 2 heterocycles. The van der Waals surface area contributed by atoms with Crippen molar-refractivity contribution in [3.8, 4) is 0 Å². The topological polar surface area (TPSA) is 49.9 Å². The molecule has 6 heteroatoms. The summed E-state index contributed by atoms with van der Waals surface area (Å²) in [5.41, 5.74) is -0.881. The molecule has 5 nitrogen and oxygen atoms in total. The van der Waals surface area contributed by atoms with Gasteiger partial charge in [0.05, 0.1) is 6.54 Å². The van der Waals surface area contributed by atoms with E-state index in [1.165, 1.54) is 0 Å². The van der Waals surface area contributed by atoms with Gasteiger partial charge in [-0.2, -0.15) is 0 Å². The molecule has 0 aromatic carbocycles. The standard InChI is InChI=1S/C16H28N2O3S/c1-14(2,3)12(19)18-9-10-22-16(18)7-8-17(11-16)13(20)21-15(4,5)6/h7-11H2,1-6H3. The summed E-state index contributed by atoms with van der Waals surface area (Å²) in [6.07, 6.45) is 0.540. The lowest BCUT2D eigenvalue weighted by atomic mass is 9.93. The molecule has 1 spiro atoms. The van der Waals surface area contributed by atoms with Crippen LogP contribution in [-0.4, -0.2) is 57.7 Å². The van der Waals surface area contributed by atoms with Gasteiger partial charge in [-0.05, 0) is 27.2 Å². The molecule has 0 aromatic heterocycles. The van der Waals surface area contributed by atoms with E-state index in [0.29, 0.717) is 13.1 Å². The molecule has 2 saturated heterocycles. The van der Waals surface area contributed by atoms with E-state index in [2.05, 4.69) is 0 Å². The van der Waals surface area contributed by atoms with Crippen molar-refractivity contribution >= 4 is 23.8 Å². The van der Waals surface area contributed by atoms with Crippen LogP contribution in [0.3, 0.4) is 0 Å². The van der Waals surface area contributed by atoms with E-state index in [9.17, 15) is 9.59 Å². The number of carbonyl (C=O) groups excluding carboxylic acids is 2. The van der Waals surface area contributed by atoms with Crippen LogP contribution in [0.2, 0.25) is 0 Å². The first-order chi connectivity index (χ1) is 9.95. The van der Waals surface area contributed by atoms with E-state index in [0.717, 1.165) is 18.7 Å². The molecular formula is C16H28N2O3S. The minimum Gasteiger partial charge on any atom is -0.444 e. The van der Waals surface area contributed by atoms with Crippen LogP contribution in [-0.2, 0) is 9.53 Å². The lowest BCUT2D eigenvalue weighted by Crippen LogP contribution is -2.51. The van der Waals surface area contributed by atoms with Crippen molar-refractivity contribution in [2.24, 2.45) is 5.41 Å². The van der Waals surface area contributed by atoms with Gasteiger partial charge in [0.1, 0.15) is 10.5 Å². The molecule has 0 aromatic rings. The predicted octanol–water partition coefficient (Wildman–Crippen LogP) is 2.95. The highest BCUT2D eigenvalue weighted by atomic mass is 32.2. The predicted molar refractivity (Wildman–Crippen MR) is 88.8 cm³/mol. The molecule has 1 atom stereocenters. The van der Waals surface area contributed by atoms with Crippen molar-refractivity contribution < 1.29 is 14.3 Å². The van der Waals surface area contributed by atoms with Gasteiger partial charge in [0.15, 0.2) is 0 Å². The van der Waals surface area contributed by atoms with Gasteiger partial charge in [-0.25, -0.2) is 4.79 Å². The van der Waals surface area contributed by atoms with Crippen molar-refractivity contribution in [3.63, 3.8) is 0 Å². The van der Waals surface area contributed by atoms with Crippen LogP contribution < -0.4 is 0 Å². The van der Waals surface area contributed by atoms with Crippen LogP contribution >= 0.6 is 11.8 Å². The van der Waals surface area contributed by atoms with Gasteiger partial charge in [0.25, 0.3) is 0 Å². The molecular weight excluding hydrogens is 300 g/mol. The van der Waals surface area contributed by atoms with Crippen LogP contribution in [0.15, 0.2) is 0 Å². The maximum Gasteiger partial charge on any atom is 0.410 e. The van der Waals surface area contributed by atoms with Crippen molar-refractivity contribution in [1.82, 2.24) is 9.80 Å². The van der Waals surface area contributed by atoms with Gasteiger partial charge in [-0.1, -0.05) is 20.8 Å². The quantitative estimate of drug-likeness (QED) is 0.686. The summed E-state index contributed by atoms with van der Waals surface area (Å²) < 4.78 is 5.46. The summed E-state index contributed by atoms with van der Waals surface area (Å²) in [5, 5.41) is 0. The number of amides is 2. The summed E-state index contributed by atoms with van der Waals surface area (Å²) in [6.45, 7) is 13.4. The number of hydrogen-bond acceptors (Lipinski definition) is 4. The third-order valence-electron chi connectivity index (χ3n) is 3.93. The Bertz CT molecular complexity index is 467. The molecule has 0 radical (unpaired) electrons. The van der Waals surface area contributed by atoms with E-state index in [-0.39, 0.29) is 16.9 Å². The van der Waals surface area contributed by atoms with E-state index in [1.54, 1.807) is 16.7 Å².